The van der Waals surface area contributed by atoms with E-state index in [9.17, 15) is 4.79 Å². The molecule has 1 amide bonds. The predicted molar refractivity (Wildman–Crippen MR) is 79.7 cm³/mol. The van der Waals surface area contributed by atoms with Crippen LogP contribution in [0.3, 0.4) is 0 Å². The van der Waals surface area contributed by atoms with Crippen LogP contribution in [0.15, 0.2) is 48.5 Å². The number of benzene rings is 2. The normalized spacial score (nSPS) is 9.60. The van der Waals surface area contributed by atoms with E-state index in [-0.39, 0.29) is 12.5 Å². The molecular formula is C15H12ClN3O. The molecule has 0 unspecified atom stereocenters. The minimum absolute atomic E-state index is 0.122. The molecule has 2 aromatic rings. The van der Waals surface area contributed by atoms with Gasteiger partial charge in [-0.1, -0.05) is 23.7 Å². The molecule has 0 heterocycles. The lowest BCUT2D eigenvalue weighted by Crippen LogP contribution is -2.21. The highest BCUT2D eigenvalue weighted by Crippen LogP contribution is 2.20. The van der Waals surface area contributed by atoms with Gasteiger partial charge in [0.1, 0.15) is 0 Å². The molecule has 0 aliphatic rings. The van der Waals surface area contributed by atoms with Crippen molar-refractivity contribution in [2.45, 2.75) is 0 Å². The summed E-state index contributed by atoms with van der Waals surface area (Å²) >= 11 is 5.95. The number of nitriles is 1. The zero-order chi connectivity index (χ0) is 14.4. The molecule has 0 bridgehead atoms. The molecule has 0 spiro atoms. The molecule has 20 heavy (non-hydrogen) atoms. The molecule has 0 aliphatic carbocycles. The van der Waals surface area contributed by atoms with E-state index in [0.717, 1.165) is 5.69 Å². The molecule has 100 valence electrons. The first-order valence-electron chi connectivity index (χ1n) is 5.97. The highest BCUT2D eigenvalue weighted by atomic mass is 35.5. The highest BCUT2D eigenvalue weighted by Gasteiger charge is 2.04. The molecule has 0 saturated heterocycles. The van der Waals surface area contributed by atoms with Crippen molar-refractivity contribution < 1.29 is 4.79 Å². The summed E-state index contributed by atoms with van der Waals surface area (Å²) in [6.45, 7) is 0.122. The number of anilines is 2. The lowest BCUT2D eigenvalue weighted by Gasteiger charge is -2.08. The summed E-state index contributed by atoms with van der Waals surface area (Å²) in [6.07, 6.45) is 0. The van der Waals surface area contributed by atoms with Crippen molar-refractivity contribution >= 4 is 28.9 Å². The van der Waals surface area contributed by atoms with E-state index in [4.69, 9.17) is 16.9 Å². The van der Waals surface area contributed by atoms with Crippen molar-refractivity contribution in [1.82, 2.24) is 0 Å². The fraction of sp³-hybridized carbons (Fsp3) is 0.0667. The monoisotopic (exact) mass is 285 g/mol. The Morgan fingerprint density at radius 3 is 2.50 bits per heavy atom. The zero-order valence-electron chi connectivity index (χ0n) is 10.6. The van der Waals surface area contributed by atoms with Gasteiger partial charge in [-0.3, -0.25) is 4.79 Å². The maximum Gasteiger partial charge on any atom is 0.243 e. The fourth-order valence-corrected chi connectivity index (χ4v) is 1.78. The molecule has 5 heteroatoms. The summed E-state index contributed by atoms with van der Waals surface area (Å²) in [6, 6.07) is 16.0. The van der Waals surface area contributed by atoms with Gasteiger partial charge in [0.25, 0.3) is 0 Å². The van der Waals surface area contributed by atoms with Crippen LogP contribution in [0, 0.1) is 11.3 Å². The van der Waals surface area contributed by atoms with E-state index in [1.165, 1.54) is 0 Å². The first-order chi connectivity index (χ1) is 9.69. The van der Waals surface area contributed by atoms with Crippen molar-refractivity contribution in [1.29, 1.82) is 5.26 Å². The lowest BCUT2D eigenvalue weighted by molar-refractivity contribution is -0.114. The molecule has 0 aromatic heterocycles. The molecular weight excluding hydrogens is 274 g/mol. The summed E-state index contributed by atoms with van der Waals surface area (Å²) in [5.74, 6) is -0.192. The lowest BCUT2D eigenvalue weighted by atomic mass is 10.2. The summed E-state index contributed by atoms with van der Waals surface area (Å²) in [4.78, 5) is 11.8. The molecule has 0 saturated carbocycles. The summed E-state index contributed by atoms with van der Waals surface area (Å²) in [5.41, 5.74) is 1.94. The molecule has 0 radical (unpaired) electrons. The first-order valence-corrected chi connectivity index (χ1v) is 6.35. The van der Waals surface area contributed by atoms with E-state index in [1.54, 1.807) is 48.5 Å². The van der Waals surface area contributed by atoms with Gasteiger partial charge < -0.3 is 10.6 Å². The van der Waals surface area contributed by atoms with Crippen molar-refractivity contribution in [3.05, 3.63) is 59.1 Å². The van der Waals surface area contributed by atoms with Crippen LogP contribution < -0.4 is 10.6 Å². The van der Waals surface area contributed by atoms with Crippen LogP contribution in [0.2, 0.25) is 5.02 Å². The van der Waals surface area contributed by atoms with E-state index in [1.807, 2.05) is 6.07 Å². The second kappa shape index (κ2) is 6.60. The van der Waals surface area contributed by atoms with Crippen LogP contribution in [0.4, 0.5) is 11.4 Å². The highest BCUT2D eigenvalue weighted by molar-refractivity contribution is 6.33. The van der Waals surface area contributed by atoms with E-state index in [0.29, 0.717) is 16.3 Å². The van der Waals surface area contributed by atoms with E-state index < -0.39 is 0 Å². The van der Waals surface area contributed by atoms with E-state index in [2.05, 4.69) is 10.6 Å². The number of halogens is 1. The number of nitrogens with one attached hydrogen (secondary N) is 2. The van der Waals surface area contributed by atoms with Gasteiger partial charge in [-0.05, 0) is 36.4 Å². The molecule has 0 atom stereocenters. The number of nitrogens with zero attached hydrogens (tertiary/aromatic N) is 1. The number of carbonyl (C=O) groups excluding carboxylic acids is 1. The Morgan fingerprint density at radius 2 is 1.85 bits per heavy atom. The van der Waals surface area contributed by atoms with Gasteiger partial charge in [-0.2, -0.15) is 5.26 Å². The fourth-order valence-electron chi connectivity index (χ4n) is 1.60. The second-order valence-electron chi connectivity index (χ2n) is 4.07. The van der Waals surface area contributed by atoms with E-state index >= 15 is 0 Å². The third-order valence-corrected chi connectivity index (χ3v) is 2.94. The average molecular weight is 286 g/mol. The van der Waals surface area contributed by atoms with Crippen molar-refractivity contribution in [2.24, 2.45) is 0 Å². The summed E-state index contributed by atoms with van der Waals surface area (Å²) in [7, 11) is 0. The molecule has 2 aromatic carbocycles. The van der Waals surface area contributed by atoms with Crippen molar-refractivity contribution in [3.63, 3.8) is 0 Å². The molecule has 2 rings (SSSR count). The Balaban J connectivity index is 1.89. The van der Waals surface area contributed by atoms with Crippen LogP contribution >= 0.6 is 11.6 Å². The average Bonchev–Trinajstić information content (AvgIpc) is 2.48. The Morgan fingerprint density at radius 1 is 1.15 bits per heavy atom. The Hall–Kier alpha value is -2.51. The number of hydrogen-bond donors (Lipinski definition) is 2. The van der Waals surface area contributed by atoms with Gasteiger partial charge in [-0.15, -0.1) is 0 Å². The Bertz CT molecular complexity index is 647. The van der Waals surface area contributed by atoms with Gasteiger partial charge in [-0.25, -0.2) is 0 Å². The minimum Gasteiger partial charge on any atom is -0.376 e. The van der Waals surface area contributed by atoms with Crippen LogP contribution in [-0.2, 0) is 4.79 Å². The quantitative estimate of drug-likeness (QED) is 0.906. The predicted octanol–water partition coefficient (Wildman–Crippen LogP) is 3.26. The second-order valence-corrected chi connectivity index (χ2v) is 4.48. The molecule has 0 fully saturated rings. The van der Waals surface area contributed by atoms with Gasteiger partial charge in [0, 0.05) is 5.69 Å². The van der Waals surface area contributed by atoms with Crippen molar-refractivity contribution in [2.75, 3.05) is 17.2 Å². The van der Waals surface area contributed by atoms with Crippen LogP contribution in [-0.4, -0.2) is 12.5 Å². The zero-order valence-corrected chi connectivity index (χ0v) is 11.3. The van der Waals surface area contributed by atoms with Crippen LogP contribution in [0.5, 0.6) is 0 Å². The Kier molecular flexibility index (Phi) is 4.59. The van der Waals surface area contributed by atoms with Gasteiger partial charge in [0.15, 0.2) is 0 Å². The van der Waals surface area contributed by atoms with Gasteiger partial charge >= 0.3 is 0 Å². The largest absolute Gasteiger partial charge is 0.376 e. The maximum atomic E-state index is 11.8. The topological polar surface area (TPSA) is 64.9 Å². The Labute approximate surface area is 122 Å². The van der Waals surface area contributed by atoms with Crippen LogP contribution in [0.1, 0.15) is 5.56 Å². The molecule has 0 aliphatic heterocycles. The van der Waals surface area contributed by atoms with Gasteiger partial charge in [0.2, 0.25) is 5.91 Å². The van der Waals surface area contributed by atoms with Crippen molar-refractivity contribution in [3.8, 4) is 6.07 Å². The third-order valence-electron chi connectivity index (χ3n) is 2.62. The third kappa shape index (κ3) is 3.74. The SMILES string of the molecule is N#Cc1ccc(NCC(=O)Nc2ccccc2Cl)cc1. The number of rotatable bonds is 4. The molecule has 4 nitrogen and oxygen atoms in total. The summed E-state index contributed by atoms with van der Waals surface area (Å²) < 4.78 is 0. The van der Waals surface area contributed by atoms with Gasteiger partial charge in [0.05, 0.1) is 28.9 Å². The molecule has 2 N–H and O–H groups in total. The summed E-state index contributed by atoms with van der Waals surface area (Å²) in [5, 5.41) is 14.9. The minimum atomic E-state index is -0.192. The number of carbonyl (C=O) groups is 1. The maximum absolute atomic E-state index is 11.8. The van der Waals surface area contributed by atoms with Crippen LogP contribution in [0.25, 0.3) is 0 Å². The standard InChI is InChI=1S/C15H12ClN3O/c16-13-3-1-2-4-14(13)19-15(20)10-18-12-7-5-11(9-17)6-8-12/h1-8,18H,10H2,(H,19,20). The number of para-hydroxylation sites is 1. The smallest absolute Gasteiger partial charge is 0.243 e. The number of amides is 1. The number of hydrogen-bond acceptors (Lipinski definition) is 3. The first kappa shape index (κ1) is 13.9.